The van der Waals surface area contributed by atoms with Crippen molar-refractivity contribution in [2.45, 2.75) is 19.9 Å². The highest BCUT2D eigenvalue weighted by Gasteiger charge is 2.15. The summed E-state index contributed by atoms with van der Waals surface area (Å²) in [6.45, 7) is 5.75. The summed E-state index contributed by atoms with van der Waals surface area (Å²) in [6.07, 6.45) is 0. The number of benzene rings is 1. The summed E-state index contributed by atoms with van der Waals surface area (Å²) in [7, 11) is 8.07. The molecule has 0 bridgehead atoms. The van der Waals surface area contributed by atoms with E-state index in [2.05, 4.69) is 36.3 Å². The Balaban J connectivity index is 3.06. The Morgan fingerprint density at radius 3 is 2.37 bits per heavy atom. The molecule has 0 saturated carbocycles. The standard InChI is InChI=1S/C15H26FN3/c1-11-9-15(19(6)8-7-18(4)5)13(10-14(11)16)12(2)17-3/h9-10,12,17H,7-8H2,1-6H3. The third kappa shape index (κ3) is 4.18. The van der Waals surface area contributed by atoms with Crippen LogP contribution in [0.1, 0.15) is 24.1 Å². The second-order valence-corrected chi connectivity index (χ2v) is 5.40. The topological polar surface area (TPSA) is 18.5 Å². The van der Waals surface area contributed by atoms with Gasteiger partial charge in [0.05, 0.1) is 0 Å². The molecule has 1 aromatic carbocycles. The van der Waals surface area contributed by atoms with E-state index in [1.807, 2.05) is 27.0 Å². The van der Waals surface area contributed by atoms with Crippen LogP contribution in [0, 0.1) is 12.7 Å². The van der Waals surface area contributed by atoms with Crippen LogP contribution in [-0.2, 0) is 0 Å². The maximum Gasteiger partial charge on any atom is 0.126 e. The lowest BCUT2D eigenvalue weighted by atomic mass is 10.0. The van der Waals surface area contributed by atoms with E-state index < -0.39 is 0 Å². The third-order valence-electron chi connectivity index (χ3n) is 3.50. The van der Waals surface area contributed by atoms with E-state index in [1.54, 1.807) is 6.07 Å². The summed E-state index contributed by atoms with van der Waals surface area (Å²) in [6, 6.07) is 3.72. The van der Waals surface area contributed by atoms with Gasteiger partial charge in [0.25, 0.3) is 0 Å². The molecule has 0 aliphatic carbocycles. The summed E-state index contributed by atoms with van der Waals surface area (Å²) in [4.78, 5) is 4.34. The van der Waals surface area contributed by atoms with E-state index in [0.29, 0.717) is 5.56 Å². The number of nitrogens with zero attached hydrogens (tertiary/aromatic N) is 2. The highest BCUT2D eigenvalue weighted by molar-refractivity contribution is 5.56. The van der Waals surface area contributed by atoms with Gasteiger partial charge in [-0.3, -0.25) is 0 Å². The van der Waals surface area contributed by atoms with Crippen molar-refractivity contribution in [1.82, 2.24) is 10.2 Å². The van der Waals surface area contributed by atoms with Crippen LogP contribution in [0.25, 0.3) is 0 Å². The predicted octanol–water partition coefficient (Wildman–Crippen LogP) is 2.41. The van der Waals surface area contributed by atoms with Gasteiger partial charge in [0.1, 0.15) is 5.82 Å². The zero-order valence-electron chi connectivity index (χ0n) is 12.9. The van der Waals surface area contributed by atoms with Crippen LogP contribution < -0.4 is 10.2 Å². The molecule has 0 radical (unpaired) electrons. The van der Waals surface area contributed by atoms with Gasteiger partial charge >= 0.3 is 0 Å². The Hall–Kier alpha value is -1.13. The SMILES string of the molecule is CNC(C)c1cc(F)c(C)cc1N(C)CCN(C)C. The Bertz CT molecular complexity index is 418. The second-order valence-electron chi connectivity index (χ2n) is 5.40. The normalized spacial score (nSPS) is 12.8. The molecule has 0 spiro atoms. The van der Waals surface area contributed by atoms with Crippen molar-refractivity contribution in [2.24, 2.45) is 0 Å². The van der Waals surface area contributed by atoms with Crippen LogP contribution in [0.15, 0.2) is 12.1 Å². The molecule has 0 aromatic heterocycles. The average Bonchev–Trinajstić information content (AvgIpc) is 2.37. The minimum Gasteiger partial charge on any atom is -0.373 e. The number of likely N-dealkylation sites (N-methyl/N-ethyl adjacent to an activating group) is 2. The molecule has 1 unspecified atom stereocenters. The summed E-state index contributed by atoms with van der Waals surface area (Å²) in [5, 5.41) is 3.18. The number of nitrogens with one attached hydrogen (secondary N) is 1. The third-order valence-corrected chi connectivity index (χ3v) is 3.50. The summed E-state index contributed by atoms with van der Waals surface area (Å²) in [5.41, 5.74) is 2.80. The molecular weight excluding hydrogens is 241 g/mol. The largest absolute Gasteiger partial charge is 0.373 e. The van der Waals surface area contributed by atoms with Gasteiger partial charge < -0.3 is 15.1 Å². The lowest BCUT2D eigenvalue weighted by Crippen LogP contribution is -2.30. The average molecular weight is 267 g/mol. The van der Waals surface area contributed by atoms with Gasteiger partial charge in [0.2, 0.25) is 0 Å². The minimum atomic E-state index is -0.137. The molecule has 0 saturated heterocycles. The Labute approximate surface area is 116 Å². The lowest BCUT2D eigenvalue weighted by molar-refractivity contribution is 0.416. The minimum absolute atomic E-state index is 0.131. The summed E-state index contributed by atoms with van der Waals surface area (Å²) < 4.78 is 13.8. The van der Waals surface area contributed by atoms with Crippen LogP contribution in [-0.4, -0.2) is 46.2 Å². The Morgan fingerprint density at radius 2 is 1.84 bits per heavy atom. The van der Waals surface area contributed by atoms with Crippen LogP contribution >= 0.6 is 0 Å². The van der Waals surface area contributed by atoms with Crippen LogP contribution in [0.2, 0.25) is 0 Å². The molecule has 0 aliphatic heterocycles. The van der Waals surface area contributed by atoms with Crippen molar-refractivity contribution in [3.8, 4) is 0 Å². The zero-order valence-corrected chi connectivity index (χ0v) is 12.9. The maximum atomic E-state index is 13.8. The highest BCUT2D eigenvalue weighted by Crippen LogP contribution is 2.28. The quantitative estimate of drug-likeness (QED) is 0.854. The zero-order chi connectivity index (χ0) is 14.6. The molecule has 0 amide bonds. The Kier molecular flexibility index (Phi) is 5.76. The number of halogens is 1. The smallest absolute Gasteiger partial charge is 0.126 e. The molecule has 19 heavy (non-hydrogen) atoms. The van der Waals surface area contributed by atoms with E-state index in [1.165, 1.54) is 0 Å². The summed E-state index contributed by atoms with van der Waals surface area (Å²) in [5.74, 6) is -0.137. The van der Waals surface area contributed by atoms with Gasteiger partial charge in [-0.1, -0.05) is 0 Å². The summed E-state index contributed by atoms with van der Waals surface area (Å²) >= 11 is 0. The first kappa shape index (κ1) is 15.9. The Morgan fingerprint density at radius 1 is 1.21 bits per heavy atom. The fourth-order valence-corrected chi connectivity index (χ4v) is 1.99. The first-order valence-corrected chi connectivity index (χ1v) is 6.70. The van der Waals surface area contributed by atoms with Crippen molar-refractivity contribution < 1.29 is 4.39 Å². The molecule has 3 nitrogen and oxygen atoms in total. The molecule has 0 aliphatic rings. The van der Waals surface area contributed by atoms with Crippen molar-refractivity contribution in [1.29, 1.82) is 0 Å². The van der Waals surface area contributed by atoms with Gasteiger partial charge in [0.15, 0.2) is 0 Å². The molecule has 0 fully saturated rings. The number of hydrogen-bond donors (Lipinski definition) is 1. The highest BCUT2D eigenvalue weighted by atomic mass is 19.1. The van der Waals surface area contributed by atoms with Crippen molar-refractivity contribution in [3.05, 3.63) is 29.1 Å². The fourth-order valence-electron chi connectivity index (χ4n) is 1.99. The van der Waals surface area contributed by atoms with E-state index in [9.17, 15) is 4.39 Å². The molecule has 1 atom stereocenters. The van der Waals surface area contributed by atoms with Crippen LogP contribution in [0.3, 0.4) is 0 Å². The first-order valence-electron chi connectivity index (χ1n) is 6.70. The van der Waals surface area contributed by atoms with Crippen LogP contribution in [0.4, 0.5) is 10.1 Å². The van der Waals surface area contributed by atoms with Gasteiger partial charge in [0, 0.05) is 31.9 Å². The molecular formula is C15H26FN3. The fraction of sp³-hybridized carbons (Fsp3) is 0.600. The van der Waals surface area contributed by atoms with Crippen molar-refractivity contribution >= 4 is 5.69 Å². The van der Waals surface area contributed by atoms with Crippen molar-refractivity contribution in [2.75, 3.05) is 46.2 Å². The van der Waals surface area contributed by atoms with Gasteiger partial charge in [-0.2, -0.15) is 0 Å². The van der Waals surface area contributed by atoms with E-state index in [-0.39, 0.29) is 11.9 Å². The van der Waals surface area contributed by atoms with E-state index >= 15 is 0 Å². The van der Waals surface area contributed by atoms with Gasteiger partial charge in [-0.25, -0.2) is 4.39 Å². The maximum absolute atomic E-state index is 13.8. The molecule has 1 rings (SSSR count). The van der Waals surface area contributed by atoms with Crippen molar-refractivity contribution in [3.63, 3.8) is 0 Å². The predicted molar refractivity (Wildman–Crippen MR) is 80.4 cm³/mol. The number of aryl methyl sites for hydroxylation is 1. The molecule has 4 heteroatoms. The number of hydrogen-bond acceptors (Lipinski definition) is 3. The first-order chi connectivity index (χ1) is 8.86. The van der Waals surface area contributed by atoms with Gasteiger partial charge in [-0.15, -0.1) is 0 Å². The molecule has 1 aromatic rings. The molecule has 1 N–H and O–H groups in total. The number of rotatable bonds is 6. The van der Waals surface area contributed by atoms with E-state index in [0.717, 1.165) is 24.3 Å². The monoisotopic (exact) mass is 267 g/mol. The molecule has 0 heterocycles. The molecule has 108 valence electrons. The number of anilines is 1. The van der Waals surface area contributed by atoms with Gasteiger partial charge in [-0.05, 0) is 58.3 Å². The second kappa shape index (κ2) is 6.87. The lowest BCUT2D eigenvalue weighted by Gasteiger charge is -2.27. The van der Waals surface area contributed by atoms with Crippen LogP contribution in [0.5, 0.6) is 0 Å². The van der Waals surface area contributed by atoms with E-state index in [4.69, 9.17) is 0 Å².